The average Bonchev–Trinajstić information content (AvgIpc) is 2.94. The van der Waals surface area contributed by atoms with Crippen molar-refractivity contribution in [2.24, 2.45) is 0 Å². The minimum absolute atomic E-state index is 0.0738. The zero-order chi connectivity index (χ0) is 14.5. The van der Waals surface area contributed by atoms with Crippen molar-refractivity contribution in [3.8, 4) is 0 Å². The van der Waals surface area contributed by atoms with Gasteiger partial charge in [-0.1, -0.05) is 23.7 Å². The van der Waals surface area contributed by atoms with Gasteiger partial charge in [-0.25, -0.2) is 0 Å². The van der Waals surface area contributed by atoms with Crippen molar-refractivity contribution in [1.29, 1.82) is 0 Å². The first-order chi connectivity index (χ1) is 9.56. The highest BCUT2D eigenvalue weighted by atomic mass is 35.5. The lowest BCUT2D eigenvalue weighted by atomic mass is 10.1. The highest BCUT2D eigenvalue weighted by Crippen LogP contribution is 2.18. The van der Waals surface area contributed by atoms with E-state index in [1.165, 1.54) is 0 Å². The molecule has 20 heavy (non-hydrogen) atoms. The van der Waals surface area contributed by atoms with Gasteiger partial charge in [0, 0.05) is 18.1 Å². The Kier molecular flexibility index (Phi) is 5.44. The number of carbonyl (C=O) groups is 1. The number of rotatable bonds is 5. The van der Waals surface area contributed by atoms with E-state index in [0.717, 1.165) is 35.6 Å². The molecular weight excluding hydrogens is 274 g/mol. The second kappa shape index (κ2) is 7.09. The van der Waals surface area contributed by atoms with Crippen molar-refractivity contribution in [2.75, 3.05) is 6.61 Å². The maximum Gasteiger partial charge on any atom is 0.220 e. The molecule has 2 rings (SSSR count). The predicted octanol–water partition coefficient (Wildman–Crippen LogP) is 3.26. The molecule has 0 radical (unpaired) electrons. The van der Waals surface area contributed by atoms with Gasteiger partial charge in [0.05, 0.1) is 12.1 Å². The molecular formula is C16H22ClNO2. The number of carbonyl (C=O) groups excluding carboxylic acids is 1. The summed E-state index contributed by atoms with van der Waals surface area (Å²) in [6.45, 7) is 4.80. The van der Waals surface area contributed by atoms with Gasteiger partial charge >= 0.3 is 0 Å². The topological polar surface area (TPSA) is 38.3 Å². The summed E-state index contributed by atoms with van der Waals surface area (Å²) >= 11 is 6.08. The van der Waals surface area contributed by atoms with Gasteiger partial charge in [0.2, 0.25) is 5.91 Å². The largest absolute Gasteiger partial charge is 0.376 e. The van der Waals surface area contributed by atoms with Crippen LogP contribution in [0.5, 0.6) is 0 Å². The second-order valence-electron chi connectivity index (χ2n) is 5.49. The number of amides is 1. The number of hydrogen-bond donors (Lipinski definition) is 1. The molecule has 1 aromatic carbocycles. The fourth-order valence-corrected chi connectivity index (χ4v) is 2.67. The van der Waals surface area contributed by atoms with Crippen molar-refractivity contribution >= 4 is 17.5 Å². The third-order valence-corrected chi connectivity index (χ3v) is 4.20. The summed E-state index contributed by atoms with van der Waals surface area (Å²) in [6, 6.07) is 6.04. The average molecular weight is 296 g/mol. The Hall–Kier alpha value is -1.06. The van der Waals surface area contributed by atoms with E-state index < -0.39 is 0 Å². The van der Waals surface area contributed by atoms with Gasteiger partial charge < -0.3 is 10.1 Å². The third-order valence-electron chi connectivity index (χ3n) is 3.79. The van der Waals surface area contributed by atoms with E-state index in [2.05, 4.69) is 5.32 Å². The van der Waals surface area contributed by atoms with Crippen LogP contribution in [0.4, 0.5) is 0 Å². The Morgan fingerprint density at radius 3 is 3.00 bits per heavy atom. The number of nitrogens with one attached hydrogen (secondary N) is 1. The third kappa shape index (κ3) is 4.22. The molecule has 2 atom stereocenters. The lowest BCUT2D eigenvalue weighted by Gasteiger charge is -2.20. The molecule has 1 fully saturated rings. The molecule has 1 aliphatic rings. The highest BCUT2D eigenvalue weighted by Gasteiger charge is 2.23. The van der Waals surface area contributed by atoms with Crippen molar-refractivity contribution in [1.82, 2.24) is 5.32 Å². The second-order valence-corrected chi connectivity index (χ2v) is 5.90. The summed E-state index contributed by atoms with van der Waals surface area (Å²) in [6.07, 6.45) is 3.50. The van der Waals surface area contributed by atoms with Gasteiger partial charge in [0.15, 0.2) is 0 Å². The summed E-state index contributed by atoms with van der Waals surface area (Å²) in [5.41, 5.74) is 2.16. The normalized spacial score (nSPS) is 19.9. The molecule has 1 aromatic rings. The van der Waals surface area contributed by atoms with Crippen LogP contribution in [0.25, 0.3) is 0 Å². The number of aryl methyl sites for hydroxylation is 2. The van der Waals surface area contributed by atoms with Crippen LogP contribution in [0.1, 0.15) is 37.3 Å². The smallest absolute Gasteiger partial charge is 0.220 e. The van der Waals surface area contributed by atoms with Gasteiger partial charge in [-0.3, -0.25) is 4.79 Å². The number of benzene rings is 1. The number of ether oxygens (including phenoxy) is 1. The lowest BCUT2D eigenvalue weighted by molar-refractivity contribution is -0.122. The molecule has 110 valence electrons. The Morgan fingerprint density at radius 1 is 1.55 bits per heavy atom. The minimum atomic E-state index is 0.0738. The van der Waals surface area contributed by atoms with Gasteiger partial charge in [-0.15, -0.1) is 0 Å². The monoisotopic (exact) mass is 295 g/mol. The summed E-state index contributed by atoms with van der Waals surface area (Å²) < 4.78 is 5.58. The summed E-state index contributed by atoms with van der Waals surface area (Å²) in [5.74, 6) is 0.0738. The molecule has 0 aromatic heterocycles. The van der Waals surface area contributed by atoms with E-state index in [-0.39, 0.29) is 18.1 Å². The van der Waals surface area contributed by atoms with Crippen LogP contribution < -0.4 is 5.32 Å². The first-order valence-electron chi connectivity index (χ1n) is 7.22. The van der Waals surface area contributed by atoms with Gasteiger partial charge in [0.25, 0.3) is 0 Å². The molecule has 0 saturated carbocycles. The zero-order valence-electron chi connectivity index (χ0n) is 12.1. The molecule has 1 heterocycles. The van der Waals surface area contributed by atoms with Crippen LogP contribution >= 0.6 is 11.6 Å². The number of hydrogen-bond acceptors (Lipinski definition) is 2. The fourth-order valence-electron chi connectivity index (χ4n) is 2.47. The predicted molar refractivity (Wildman–Crippen MR) is 81.1 cm³/mol. The molecule has 1 amide bonds. The van der Waals surface area contributed by atoms with E-state index in [1.54, 1.807) is 0 Å². The summed E-state index contributed by atoms with van der Waals surface area (Å²) in [5, 5.41) is 3.78. The maximum absolute atomic E-state index is 11.9. The van der Waals surface area contributed by atoms with Crippen LogP contribution in [-0.4, -0.2) is 24.7 Å². The van der Waals surface area contributed by atoms with Crippen LogP contribution in [0, 0.1) is 6.92 Å². The molecule has 1 saturated heterocycles. The van der Waals surface area contributed by atoms with Crippen LogP contribution in [0.15, 0.2) is 18.2 Å². The van der Waals surface area contributed by atoms with Crippen molar-refractivity contribution in [3.05, 3.63) is 34.3 Å². The Morgan fingerprint density at radius 2 is 2.35 bits per heavy atom. The Balaban J connectivity index is 1.78. The lowest BCUT2D eigenvalue weighted by Crippen LogP contribution is -2.40. The first-order valence-corrected chi connectivity index (χ1v) is 7.60. The molecule has 0 unspecified atom stereocenters. The summed E-state index contributed by atoms with van der Waals surface area (Å²) in [7, 11) is 0. The van der Waals surface area contributed by atoms with E-state index >= 15 is 0 Å². The van der Waals surface area contributed by atoms with Gasteiger partial charge in [0.1, 0.15) is 0 Å². The van der Waals surface area contributed by atoms with Gasteiger partial charge in [-0.05, 0) is 50.3 Å². The van der Waals surface area contributed by atoms with Crippen molar-refractivity contribution in [2.45, 2.75) is 51.7 Å². The van der Waals surface area contributed by atoms with Crippen LogP contribution in [-0.2, 0) is 16.0 Å². The van der Waals surface area contributed by atoms with Gasteiger partial charge in [-0.2, -0.15) is 0 Å². The van der Waals surface area contributed by atoms with E-state index in [1.807, 2.05) is 32.0 Å². The van der Waals surface area contributed by atoms with Crippen LogP contribution in [0.3, 0.4) is 0 Å². The minimum Gasteiger partial charge on any atom is -0.376 e. The molecule has 0 spiro atoms. The van der Waals surface area contributed by atoms with Crippen molar-refractivity contribution < 1.29 is 9.53 Å². The first kappa shape index (κ1) is 15.3. The SMILES string of the molecule is Cc1ccc(CCC(=O)N[C@H](C)[C@H]2CCCO2)cc1Cl. The molecule has 1 aliphatic heterocycles. The Labute approximate surface area is 125 Å². The fraction of sp³-hybridized carbons (Fsp3) is 0.562. The zero-order valence-corrected chi connectivity index (χ0v) is 12.9. The van der Waals surface area contributed by atoms with E-state index in [4.69, 9.17) is 16.3 Å². The molecule has 3 nitrogen and oxygen atoms in total. The van der Waals surface area contributed by atoms with E-state index in [0.29, 0.717) is 12.8 Å². The standard InChI is InChI=1S/C16H22ClNO2/c1-11-5-6-13(10-14(11)17)7-8-16(19)18-12(2)15-4-3-9-20-15/h5-6,10,12,15H,3-4,7-9H2,1-2H3,(H,18,19)/t12-,15-/m1/s1. The summed E-state index contributed by atoms with van der Waals surface area (Å²) in [4.78, 5) is 11.9. The number of halogens is 1. The quantitative estimate of drug-likeness (QED) is 0.905. The molecule has 0 bridgehead atoms. The molecule has 4 heteroatoms. The van der Waals surface area contributed by atoms with Crippen molar-refractivity contribution in [3.63, 3.8) is 0 Å². The molecule has 0 aliphatic carbocycles. The highest BCUT2D eigenvalue weighted by molar-refractivity contribution is 6.31. The maximum atomic E-state index is 11.9. The Bertz CT molecular complexity index is 470. The van der Waals surface area contributed by atoms with Crippen LogP contribution in [0.2, 0.25) is 5.02 Å². The van der Waals surface area contributed by atoms with E-state index in [9.17, 15) is 4.79 Å². The molecule has 1 N–H and O–H groups in total.